The molecule has 0 heterocycles. The van der Waals surface area contributed by atoms with Crippen LogP contribution in [0.1, 0.15) is 51.9 Å². The molecule has 0 amide bonds. The number of nitrogens with one attached hydrogen (secondary N) is 1. The van der Waals surface area contributed by atoms with E-state index in [2.05, 4.69) is 35.7 Å². The molecule has 6 nitrogen and oxygen atoms in total. The molecule has 24 heavy (non-hydrogen) atoms. The number of fused-ring (bicyclic) bond motifs is 1. The van der Waals surface area contributed by atoms with Crippen molar-refractivity contribution in [3.8, 4) is 0 Å². The minimum atomic E-state index is -0.702. The van der Waals surface area contributed by atoms with Crippen LogP contribution < -0.4 is 17.1 Å². The Morgan fingerprint density at radius 1 is 1.42 bits per heavy atom. The van der Waals surface area contributed by atoms with E-state index in [-0.39, 0.29) is 6.42 Å². The third kappa shape index (κ3) is 5.06. The number of nitrogens with zero attached hydrogens (tertiary/aromatic N) is 1. The monoisotopic (exact) mass is 336 g/mol. The topological polar surface area (TPSA) is 117 Å². The highest BCUT2D eigenvalue weighted by atomic mass is 16.3. The van der Waals surface area contributed by atoms with Crippen LogP contribution in [-0.4, -0.2) is 28.3 Å². The van der Waals surface area contributed by atoms with Crippen LogP contribution in [0.2, 0.25) is 0 Å². The summed E-state index contributed by atoms with van der Waals surface area (Å²) in [4.78, 5) is 0. The summed E-state index contributed by atoms with van der Waals surface area (Å²) >= 11 is 0. The van der Waals surface area contributed by atoms with Crippen LogP contribution in [-0.2, 0) is 0 Å². The Balaban J connectivity index is 1.82. The third-order valence-electron chi connectivity index (χ3n) is 5.44. The van der Waals surface area contributed by atoms with E-state index in [0.29, 0.717) is 36.4 Å². The van der Waals surface area contributed by atoms with Gasteiger partial charge in [0.15, 0.2) is 0 Å². The number of hydrogen-bond acceptors (Lipinski definition) is 5. The van der Waals surface area contributed by atoms with Gasteiger partial charge in [0.25, 0.3) is 0 Å². The summed E-state index contributed by atoms with van der Waals surface area (Å²) in [5, 5.41) is 23.7. The first-order valence-electron chi connectivity index (χ1n) is 9.02. The van der Waals surface area contributed by atoms with Crippen LogP contribution in [0.4, 0.5) is 0 Å². The Morgan fingerprint density at radius 3 is 2.92 bits per heavy atom. The van der Waals surface area contributed by atoms with Crippen molar-refractivity contribution in [1.29, 1.82) is 0 Å². The van der Waals surface area contributed by atoms with Gasteiger partial charge in [0.05, 0.1) is 12.2 Å². The largest absolute Gasteiger partial charge is 0.393 e. The van der Waals surface area contributed by atoms with Crippen LogP contribution in [0, 0.1) is 17.8 Å². The zero-order chi connectivity index (χ0) is 17.5. The Labute approximate surface area is 144 Å². The van der Waals surface area contributed by atoms with Crippen molar-refractivity contribution in [2.75, 3.05) is 0 Å². The number of rotatable bonds is 7. The summed E-state index contributed by atoms with van der Waals surface area (Å²) in [7, 11) is 0. The molecule has 7 N–H and O–H groups in total. The van der Waals surface area contributed by atoms with Gasteiger partial charge in [0, 0.05) is 6.42 Å². The highest BCUT2D eigenvalue weighted by molar-refractivity contribution is 5.81. The molecule has 5 atom stereocenters. The summed E-state index contributed by atoms with van der Waals surface area (Å²) in [6.45, 7) is 2.27. The van der Waals surface area contributed by atoms with Gasteiger partial charge < -0.3 is 21.5 Å². The molecular formula is C18H32N4O2. The second-order valence-corrected chi connectivity index (χ2v) is 7.17. The zero-order valence-electron chi connectivity index (χ0n) is 14.6. The van der Waals surface area contributed by atoms with Crippen LogP contribution in [0.5, 0.6) is 0 Å². The van der Waals surface area contributed by atoms with Crippen LogP contribution in [0.25, 0.3) is 0 Å². The standard InChI is InChI=1S/C18H32N4O2/c1-12-6-7-13-4-2-3-5-17(13)16(12)9-8-14(23)10-15(24)11-18(21-19)22-20/h4,6-7,12,14-17,23-24H,2-3,5,8-11,19-20H2,1H3,(H,21,22)/t12?,14?,15?,16-,17?/m0/s1. The quantitative estimate of drug-likeness (QED) is 0.209. The van der Waals surface area contributed by atoms with Crippen molar-refractivity contribution in [3.05, 3.63) is 23.8 Å². The highest BCUT2D eigenvalue weighted by Crippen LogP contribution is 2.42. The predicted molar refractivity (Wildman–Crippen MR) is 96.6 cm³/mol. The maximum Gasteiger partial charge on any atom is 0.138 e. The number of amidine groups is 1. The SMILES string of the molecule is CC1C=CC2=CCCCC2[C@H]1CCC(O)CC(O)C/C(=N/N)NN. The fraction of sp³-hybridized carbons (Fsp3) is 0.722. The van der Waals surface area contributed by atoms with E-state index in [4.69, 9.17) is 11.7 Å². The summed E-state index contributed by atoms with van der Waals surface area (Å²) in [6.07, 6.45) is 11.7. The molecule has 0 radical (unpaired) electrons. The summed E-state index contributed by atoms with van der Waals surface area (Å²) in [5.74, 6) is 12.5. The van der Waals surface area contributed by atoms with Crippen molar-refractivity contribution in [1.82, 2.24) is 5.43 Å². The lowest BCUT2D eigenvalue weighted by atomic mass is 9.68. The maximum absolute atomic E-state index is 10.3. The summed E-state index contributed by atoms with van der Waals surface area (Å²) < 4.78 is 0. The van der Waals surface area contributed by atoms with E-state index in [1.54, 1.807) is 0 Å². The fourth-order valence-corrected chi connectivity index (χ4v) is 4.09. The van der Waals surface area contributed by atoms with Crippen molar-refractivity contribution in [3.63, 3.8) is 0 Å². The number of hydrazone groups is 1. The van der Waals surface area contributed by atoms with Crippen molar-refractivity contribution in [2.24, 2.45) is 34.5 Å². The van der Waals surface area contributed by atoms with Gasteiger partial charge in [-0.2, -0.15) is 5.10 Å². The lowest BCUT2D eigenvalue weighted by Gasteiger charge is -2.37. The molecule has 0 fully saturated rings. The number of hydrazine groups is 1. The smallest absolute Gasteiger partial charge is 0.138 e. The van der Waals surface area contributed by atoms with E-state index >= 15 is 0 Å². The summed E-state index contributed by atoms with van der Waals surface area (Å²) in [6, 6.07) is 0. The van der Waals surface area contributed by atoms with E-state index in [1.165, 1.54) is 24.8 Å². The highest BCUT2D eigenvalue weighted by Gasteiger charge is 2.32. The second kappa shape index (κ2) is 9.20. The van der Waals surface area contributed by atoms with Gasteiger partial charge in [-0.25, -0.2) is 5.84 Å². The van der Waals surface area contributed by atoms with Crippen molar-refractivity contribution < 1.29 is 10.2 Å². The fourth-order valence-electron chi connectivity index (χ4n) is 4.09. The van der Waals surface area contributed by atoms with E-state index in [1.807, 2.05) is 0 Å². The molecule has 2 aliphatic rings. The number of allylic oxidation sites excluding steroid dienone is 4. The number of aliphatic hydroxyl groups is 2. The molecule has 136 valence electrons. The van der Waals surface area contributed by atoms with Gasteiger partial charge in [-0.05, 0) is 61.9 Å². The minimum absolute atomic E-state index is 0.224. The lowest BCUT2D eigenvalue weighted by Crippen LogP contribution is -2.35. The van der Waals surface area contributed by atoms with Crippen LogP contribution in [0.3, 0.4) is 0 Å². The van der Waals surface area contributed by atoms with Gasteiger partial charge in [0.1, 0.15) is 5.84 Å². The zero-order valence-corrected chi connectivity index (χ0v) is 14.6. The van der Waals surface area contributed by atoms with Crippen molar-refractivity contribution >= 4 is 5.84 Å². The van der Waals surface area contributed by atoms with Gasteiger partial charge in [-0.15, -0.1) is 0 Å². The molecule has 0 aromatic rings. The molecule has 4 unspecified atom stereocenters. The Bertz CT molecular complexity index is 489. The molecule has 2 rings (SSSR count). The molecule has 0 bridgehead atoms. The molecule has 0 aromatic heterocycles. The maximum atomic E-state index is 10.3. The molecule has 2 aliphatic carbocycles. The van der Waals surface area contributed by atoms with E-state index in [0.717, 1.165) is 6.42 Å². The minimum Gasteiger partial charge on any atom is -0.393 e. The third-order valence-corrected chi connectivity index (χ3v) is 5.44. The first-order valence-corrected chi connectivity index (χ1v) is 9.02. The molecular weight excluding hydrogens is 304 g/mol. The second-order valence-electron chi connectivity index (χ2n) is 7.17. The van der Waals surface area contributed by atoms with Gasteiger partial charge in [-0.3, -0.25) is 0 Å². The number of aliphatic hydroxyl groups excluding tert-OH is 2. The van der Waals surface area contributed by atoms with Crippen LogP contribution >= 0.6 is 0 Å². The predicted octanol–water partition coefficient (Wildman–Crippen LogP) is 1.55. The Kier molecular flexibility index (Phi) is 7.27. The van der Waals surface area contributed by atoms with Gasteiger partial charge in [-0.1, -0.05) is 25.2 Å². The average molecular weight is 336 g/mol. The molecule has 0 saturated heterocycles. The molecule has 0 saturated carbocycles. The summed E-state index contributed by atoms with van der Waals surface area (Å²) in [5.41, 5.74) is 3.83. The first kappa shape index (κ1) is 19.0. The number of hydrogen-bond donors (Lipinski definition) is 5. The lowest BCUT2D eigenvalue weighted by molar-refractivity contribution is 0.0705. The molecule has 0 aliphatic heterocycles. The normalized spacial score (nSPS) is 29.6. The van der Waals surface area contributed by atoms with E-state index < -0.39 is 12.2 Å². The Hall–Kier alpha value is -1.37. The number of nitrogens with two attached hydrogens (primary N) is 2. The molecule has 0 spiro atoms. The van der Waals surface area contributed by atoms with Gasteiger partial charge in [0.2, 0.25) is 0 Å². The first-order chi connectivity index (χ1) is 11.5. The average Bonchev–Trinajstić information content (AvgIpc) is 2.58. The molecule has 0 aromatic carbocycles. The van der Waals surface area contributed by atoms with Gasteiger partial charge >= 0.3 is 0 Å². The Morgan fingerprint density at radius 2 is 2.21 bits per heavy atom. The van der Waals surface area contributed by atoms with Crippen LogP contribution in [0.15, 0.2) is 28.9 Å². The van der Waals surface area contributed by atoms with E-state index in [9.17, 15) is 10.2 Å². The van der Waals surface area contributed by atoms with Crippen molar-refractivity contribution in [2.45, 2.75) is 64.1 Å². The molecule has 6 heteroatoms.